The molecule has 0 amide bonds. The van der Waals surface area contributed by atoms with Crippen LogP contribution in [0.15, 0.2) is 42.5 Å². The van der Waals surface area contributed by atoms with E-state index in [1.807, 2.05) is 36.4 Å². The topological polar surface area (TPSA) is 52.6 Å². The van der Waals surface area contributed by atoms with Gasteiger partial charge < -0.3 is 9.47 Å². The van der Waals surface area contributed by atoms with Gasteiger partial charge in [0.05, 0.1) is 24.7 Å². The number of fused-ring (bicyclic) bond motifs is 2. The van der Waals surface area contributed by atoms with Gasteiger partial charge in [0, 0.05) is 24.0 Å². The van der Waals surface area contributed by atoms with Crippen LogP contribution in [0.25, 0.3) is 0 Å². The Hall–Kier alpha value is -2.53. The Bertz CT molecular complexity index is 1050. The Morgan fingerprint density at radius 1 is 0.969 bits per heavy atom. The van der Waals surface area contributed by atoms with E-state index in [0.29, 0.717) is 53.4 Å². The fourth-order valence-electron chi connectivity index (χ4n) is 5.66. The van der Waals surface area contributed by atoms with Gasteiger partial charge in [-0.1, -0.05) is 30.3 Å². The van der Waals surface area contributed by atoms with Crippen LogP contribution in [-0.2, 0) is 4.74 Å². The van der Waals surface area contributed by atoms with E-state index in [2.05, 4.69) is 0 Å². The van der Waals surface area contributed by atoms with Crippen molar-refractivity contribution in [2.45, 2.75) is 37.7 Å². The summed E-state index contributed by atoms with van der Waals surface area (Å²) in [6.07, 6.45) is 2.40. The van der Waals surface area contributed by atoms with Crippen molar-refractivity contribution in [1.82, 2.24) is 0 Å². The van der Waals surface area contributed by atoms with E-state index in [0.717, 1.165) is 37.2 Å². The summed E-state index contributed by atoms with van der Waals surface area (Å²) in [5, 5.41) is 0. The van der Waals surface area contributed by atoms with Crippen LogP contribution in [0.3, 0.4) is 0 Å². The molecule has 0 spiro atoms. The first-order chi connectivity index (χ1) is 15.6. The molecule has 2 aliphatic carbocycles. The van der Waals surface area contributed by atoms with Crippen molar-refractivity contribution in [2.75, 3.05) is 19.9 Å². The molecule has 2 aromatic rings. The molecule has 4 aliphatic rings. The molecule has 2 saturated carbocycles. The summed E-state index contributed by atoms with van der Waals surface area (Å²) in [6.45, 7) is 0.846. The second-order valence-corrected chi connectivity index (χ2v) is 9.87. The summed E-state index contributed by atoms with van der Waals surface area (Å²) in [5.41, 5.74) is 2.71. The number of rotatable bonds is 8. The van der Waals surface area contributed by atoms with Gasteiger partial charge in [0.2, 0.25) is 0 Å². The first kappa shape index (κ1) is 20.1. The van der Waals surface area contributed by atoms with Crippen LogP contribution in [0, 0.1) is 23.7 Å². The third kappa shape index (κ3) is 3.47. The Kier molecular flexibility index (Phi) is 4.90. The van der Waals surface area contributed by atoms with Crippen molar-refractivity contribution in [3.63, 3.8) is 0 Å². The van der Waals surface area contributed by atoms with Crippen LogP contribution in [0.4, 0.5) is 4.39 Å². The smallest absolute Gasteiger partial charge is 0.166 e. The maximum Gasteiger partial charge on any atom is 0.166 e. The monoisotopic (exact) mass is 434 g/mol. The molecule has 5 atom stereocenters. The molecule has 0 aromatic heterocycles. The summed E-state index contributed by atoms with van der Waals surface area (Å²) >= 11 is 0. The molecule has 2 aliphatic heterocycles. The lowest BCUT2D eigenvalue weighted by Gasteiger charge is -2.16. The summed E-state index contributed by atoms with van der Waals surface area (Å²) in [6, 6.07) is 13.2. The maximum atomic E-state index is 14.0. The summed E-state index contributed by atoms with van der Waals surface area (Å²) in [7, 11) is 0. The number of alkyl halides is 1. The fraction of sp³-hybridized carbons (Fsp3) is 0.481. The Morgan fingerprint density at radius 2 is 1.72 bits per heavy atom. The minimum absolute atomic E-state index is 0.00131. The number of hydrogen-bond donors (Lipinski definition) is 0. The largest absolute Gasteiger partial charge is 0.486 e. The van der Waals surface area contributed by atoms with E-state index in [-0.39, 0.29) is 17.5 Å². The molecule has 0 N–H and O–H groups in total. The molecule has 6 rings (SSSR count). The fourth-order valence-corrected chi connectivity index (χ4v) is 5.66. The minimum atomic E-state index is -0.690. The SMILES string of the molecule is O=C(CC1[C@H]2COC[C@@H]12)c1cc(C(=O)CC2CC2)c2c(c1)[C@H](c1ccccc1)[C@@H](CF)O2. The van der Waals surface area contributed by atoms with Crippen molar-refractivity contribution in [1.29, 1.82) is 0 Å². The number of ketones is 2. The Labute approximate surface area is 187 Å². The summed E-state index contributed by atoms with van der Waals surface area (Å²) in [5.74, 6) is 2.01. The molecule has 1 saturated heterocycles. The number of benzene rings is 2. The van der Waals surface area contributed by atoms with Gasteiger partial charge in [-0.3, -0.25) is 9.59 Å². The highest BCUT2D eigenvalue weighted by atomic mass is 19.1. The molecular formula is C27H27FO4. The minimum Gasteiger partial charge on any atom is -0.486 e. The Morgan fingerprint density at radius 3 is 2.41 bits per heavy atom. The molecular weight excluding hydrogens is 407 g/mol. The van der Waals surface area contributed by atoms with Crippen LogP contribution >= 0.6 is 0 Å². The van der Waals surface area contributed by atoms with Crippen molar-refractivity contribution in [2.24, 2.45) is 23.7 Å². The first-order valence-corrected chi connectivity index (χ1v) is 11.7. The van der Waals surface area contributed by atoms with Gasteiger partial charge >= 0.3 is 0 Å². The van der Waals surface area contributed by atoms with Crippen molar-refractivity contribution in [3.8, 4) is 5.75 Å². The molecule has 2 aromatic carbocycles. The van der Waals surface area contributed by atoms with E-state index < -0.39 is 12.8 Å². The van der Waals surface area contributed by atoms with E-state index in [4.69, 9.17) is 9.47 Å². The number of Topliss-reactive ketones (excluding diaryl/α,β-unsaturated/α-hetero) is 2. The van der Waals surface area contributed by atoms with Crippen molar-refractivity contribution < 1.29 is 23.5 Å². The summed E-state index contributed by atoms with van der Waals surface area (Å²) in [4.78, 5) is 26.4. The second kappa shape index (κ2) is 7.80. The van der Waals surface area contributed by atoms with Crippen LogP contribution in [0.1, 0.15) is 63.4 Å². The molecule has 4 nitrogen and oxygen atoms in total. The molecule has 32 heavy (non-hydrogen) atoms. The zero-order chi connectivity index (χ0) is 21.8. The van der Waals surface area contributed by atoms with Crippen molar-refractivity contribution in [3.05, 3.63) is 64.7 Å². The van der Waals surface area contributed by atoms with Gasteiger partial charge in [0.15, 0.2) is 11.6 Å². The van der Waals surface area contributed by atoms with Gasteiger partial charge in [0.1, 0.15) is 18.5 Å². The molecule has 3 fully saturated rings. The van der Waals surface area contributed by atoms with Crippen molar-refractivity contribution >= 4 is 11.6 Å². The van der Waals surface area contributed by atoms with E-state index in [1.165, 1.54) is 0 Å². The lowest BCUT2D eigenvalue weighted by atomic mass is 9.85. The van der Waals surface area contributed by atoms with E-state index in [9.17, 15) is 14.0 Å². The van der Waals surface area contributed by atoms with Crippen LogP contribution in [0.5, 0.6) is 5.75 Å². The number of hydrogen-bond acceptors (Lipinski definition) is 4. The third-order valence-electron chi connectivity index (χ3n) is 7.75. The quantitative estimate of drug-likeness (QED) is 0.549. The molecule has 0 bridgehead atoms. The first-order valence-electron chi connectivity index (χ1n) is 11.7. The van der Waals surface area contributed by atoms with E-state index >= 15 is 0 Å². The Balaban J connectivity index is 1.38. The highest BCUT2D eigenvalue weighted by Gasteiger charge is 2.54. The average molecular weight is 435 g/mol. The van der Waals surface area contributed by atoms with Gasteiger partial charge in [-0.25, -0.2) is 4.39 Å². The highest BCUT2D eigenvalue weighted by molar-refractivity contribution is 6.04. The third-order valence-corrected chi connectivity index (χ3v) is 7.75. The van der Waals surface area contributed by atoms with Crippen LogP contribution in [-0.4, -0.2) is 37.6 Å². The van der Waals surface area contributed by atoms with Gasteiger partial charge in [-0.05, 0) is 54.2 Å². The standard InChI is InChI=1S/C27H27FO4/c28-12-25-26(16-4-2-1-3-5-16)20-10-17(23(29)11-18-21-13-31-14-22(18)21)9-19(27(20)32-25)24(30)8-15-6-7-15/h1-5,9-10,15,18,21-22,25-26H,6-8,11-14H2/t18?,21-,22+,25-,26+/m1/s1. The number of ether oxygens (including phenoxy) is 2. The molecule has 1 unspecified atom stereocenters. The number of carbonyl (C=O) groups excluding carboxylic acids is 2. The molecule has 2 heterocycles. The van der Waals surface area contributed by atoms with Gasteiger partial charge in [-0.2, -0.15) is 0 Å². The lowest BCUT2D eigenvalue weighted by Crippen LogP contribution is -2.22. The summed E-state index contributed by atoms with van der Waals surface area (Å²) < 4.78 is 25.5. The molecule has 166 valence electrons. The second-order valence-electron chi connectivity index (χ2n) is 9.87. The normalized spacial score (nSPS) is 29.8. The zero-order valence-electron chi connectivity index (χ0n) is 18.0. The van der Waals surface area contributed by atoms with Gasteiger partial charge in [-0.15, -0.1) is 0 Å². The lowest BCUT2D eigenvalue weighted by molar-refractivity contribution is 0.0950. The number of halogens is 1. The van der Waals surface area contributed by atoms with Gasteiger partial charge in [0.25, 0.3) is 0 Å². The predicted molar refractivity (Wildman–Crippen MR) is 117 cm³/mol. The average Bonchev–Trinajstić information content (AvgIpc) is 3.63. The predicted octanol–water partition coefficient (Wildman–Crippen LogP) is 5.00. The molecule has 0 radical (unpaired) electrons. The zero-order valence-corrected chi connectivity index (χ0v) is 18.0. The van der Waals surface area contributed by atoms with Crippen LogP contribution < -0.4 is 4.74 Å². The van der Waals surface area contributed by atoms with E-state index in [1.54, 1.807) is 6.07 Å². The van der Waals surface area contributed by atoms with Crippen LogP contribution in [0.2, 0.25) is 0 Å². The number of carbonyl (C=O) groups is 2. The maximum absolute atomic E-state index is 14.0. The molecule has 5 heteroatoms. The highest BCUT2D eigenvalue weighted by Crippen LogP contribution is 2.53.